The van der Waals surface area contributed by atoms with Crippen LogP contribution in [-0.2, 0) is 19.2 Å². The SMILES string of the molecule is Nc1nc(C(=NOC2CCCC2)C(=O)NC2C(=O)N3CC(C=CSc4cc(=O)c5ccc(F)cc5s4)(C(=O)O)CS[C@H]23)cs1. The molecule has 0 spiro atoms. The molecular weight excluding hydrogens is 650 g/mol. The summed E-state index contributed by atoms with van der Waals surface area (Å²) in [6, 6.07) is 4.52. The molecule has 2 aliphatic heterocycles. The Morgan fingerprint density at radius 1 is 1.27 bits per heavy atom. The summed E-state index contributed by atoms with van der Waals surface area (Å²) in [5.74, 6) is -2.45. The fraction of sp³-hybridized carbons (Fsp3) is 0.357. The predicted octanol–water partition coefficient (Wildman–Crippen LogP) is 3.88. The zero-order chi connectivity index (χ0) is 31.0. The molecule has 11 nitrogen and oxygen atoms in total. The lowest BCUT2D eigenvalue weighted by Gasteiger charge is -2.53. The van der Waals surface area contributed by atoms with E-state index in [1.165, 1.54) is 58.3 Å². The van der Waals surface area contributed by atoms with Crippen molar-refractivity contribution in [2.75, 3.05) is 18.0 Å². The molecule has 2 saturated heterocycles. The number of thiazole rings is 1. The molecule has 16 heteroatoms. The summed E-state index contributed by atoms with van der Waals surface area (Å²) in [7, 11) is 0. The number of carbonyl (C=O) groups excluding carboxylic acids is 2. The van der Waals surface area contributed by atoms with E-state index < -0.39 is 40.4 Å². The van der Waals surface area contributed by atoms with Crippen LogP contribution in [0.1, 0.15) is 31.4 Å². The summed E-state index contributed by atoms with van der Waals surface area (Å²) in [6.45, 7) is -0.0875. The number of halogens is 1. The smallest absolute Gasteiger partial charge is 0.316 e. The van der Waals surface area contributed by atoms with Gasteiger partial charge in [-0.3, -0.25) is 19.2 Å². The van der Waals surface area contributed by atoms with E-state index in [9.17, 15) is 28.7 Å². The van der Waals surface area contributed by atoms with Crippen LogP contribution in [0.5, 0.6) is 0 Å². The molecule has 4 heterocycles. The number of carboxylic acids is 1. The first-order valence-electron chi connectivity index (χ1n) is 13.6. The zero-order valence-corrected chi connectivity index (χ0v) is 26.2. The Kier molecular flexibility index (Phi) is 8.68. The van der Waals surface area contributed by atoms with E-state index in [4.69, 9.17) is 10.6 Å². The highest BCUT2D eigenvalue weighted by Gasteiger charge is 2.57. The summed E-state index contributed by atoms with van der Waals surface area (Å²) in [6.07, 6.45) is 5.16. The number of thioether (sulfide) groups is 2. The fourth-order valence-electron chi connectivity index (χ4n) is 5.22. The molecule has 2 aromatic heterocycles. The number of β-lactam (4-membered cyclic amide) rings is 1. The van der Waals surface area contributed by atoms with Gasteiger partial charge in [-0.15, -0.1) is 34.4 Å². The molecule has 0 radical (unpaired) electrons. The lowest BCUT2D eigenvalue weighted by atomic mass is 9.87. The number of nitrogens with two attached hydrogens (primary N) is 1. The summed E-state index contributed by atoms with van der Waals surface area (Å²) in [5.41, 5.74) is 4.30. The molecule has 6 rings (SSSR count). The second-order valence-corrected chi connectivity index (χ2v) is 14.9. The average molecular weight is 676 g/mol. The molecular formula is C28H26FN5O6S4. The number of amides is 2. The van der Waals surface area contributed by atoms with Gasteiger partial charge in [-0.05, 0) is 49.3 Å². The van der Waals surface area contributed by atoms with Gasteiger partial charge in [0.1, 0.15) is 34.4 Å². The lowest BCUT2D eigenvalue weighted by Crippen LogP contribution is -2.73. The van der Waals surface area contributed by atoms with Gasteiger partial charge in [0.05, 0.1) is 4.21 Å². The monoisotopic (exact) mass is 675 g/mol. The van der Waals surface area contributed by atoms with Crippen LogP contribution < -0.4 is 16.5 Å². The van der Waals surface area contributed by atoms with Crippen molar-refractivity contribution in [1.29, 1.82) is 0 Å². The summed E-state index contributed by atoms with van der Waals surface area (Å²) in [5, 5.41) is 20.4. The van der Waals surface area contributed by atoms with E-state index in [2.05, 4.69) is 15.5 Å². The molecule has 0 bridgehead atoms. The van der Waals surface area contributed by atoms with Crippen molar-refractivity contribution in [2.24, 2.45) is 10.6 Å². The van der Waals surface area contributed by atoms with Gasteiger partial charge < -0.3 is 25.9 Å². The number of hydrogen-bond donors (Lipinski definition) is 3. The predicted molar refractivity (Wildman–Crippen MR) is 169 cm³/mol. The first-order valence-corrected chi connectivity index (χ1v) is 17.3. The molecule has 3 aliphatic rings. The molecule has 44 heavy (non-hydrogen) atoms. The minimum absolute atomic E-state index is 0.0736. The minimum atomic E-state index is -1.38. The number of carbonyl (C=O) groups is 3. The molecule has 230 valence electrons. The van der Waals surface area contributed by atoms with Crippen molar-refractivity contribution >= 4 is 84.9 Å². The van der Waals surface area contributed by atoms with Crippen LogP contribution in [0.25, 0.3) is 10.1 Å². The number of anilines is 1. The van der Waals surface area contributed by atoms with Crippen molar-refractivity contribution in [3.05, 3.63) is 62.9 Å². The Hall–Kier alpha value is -3.47. The van der Waals surface area contributed by atoms with Gasteiger partial charge in [-0.25, -0.2) is 9.37 Å². The quantitative estimate of drug-likeness (QED) is 0.131. The number of nitrogen functional groups attached to an aromatic ring is 1. The van der Waals surface area contributed by atoms with Gasteiger partial charge in [0.2, 0.25) is 5.91 Å². The maximum atomic E-state index is 13.7. The molecule has 1 aliphatic carbocycles. The highest BCUT2D eigenvalue weighted by atomic mass is 32.2. The lowest BCUT2D eigenvalue weighted by molar-refractivity contribution is -0.156. The topological polar surface area (TPSA) is 164 Å². The standard InChI is InChI=1S/C28H26FN5O6S4/c29-14-5-6-16-18(35)10-20(44-19(16)9-14)41-8-7-28(26(38)39)12-34-24(37)22(25(34)43-13-28)32-23(36)21(17-11-42-27(30)31-17)33-40-15-3-1-2-4-15/h5-11,15,22,25H,1-4,12-13H2,(H2,30,31)(H,32,36)(H,38,39)/t22?,25-,28?/m1/s1. The normalized spacial score (nSPS) is 24.0. The van der Waals surface area contributed by atoms with Crippen LogP contribution in [0.2, 0.25) is 0 Å². The van der Waals surface area contributed by atoms with Crippen LogP contribution in [-0.4, -0.2) is 68.3 Å². The van der Waals surface area contributed by atoms with Crippen LogP contribution in [0.15, 0.2) is 55.3 Å². The molecule has 3 aromatic rings. The number of benzene rings is 1. The number of nitrogens with one attached hydrogen (secondary N) is 1. The van der Waals surface area contributed by atoms with Crippen molar-refractivity contribution in [3.8, 4) is 0 Å². The average Bonchev–Trinajstić information content (AvgIpc) is 3.67. The molecule has 2 amide bonds. The Labute approximate surface area is 266 Å². The molecule has 1 aromatic carbocycles. The highest BCUT2D eigenvalue weighted by Crippen LogP contribution is 2.43. The van der Waals surface area contributed by atoms with Crippen molar-refractivity contribution in [2.45, 2.75) is 47.4 Å². The van der Waals surface area contributed by atoms with Crippen LogP contribution >= 0.6 is 46.2 Å². The number of aliphatic carboxylic acids is 1. The first-order chi connectivity index (χ1) is 21.1. The number of nitrogens with zero attached hydrogens (tertiary/aromatic N) is 3. The Morgan fingerprint density at radius 3 is 2.80 bits per heavy atom. The number of rotatable bonds is 9. The second-order valence-electron chi connectivity index (χ2n) is 10.6. The number of fused-ring (bicyclic) bond motifs is 2. The molecule has 4 N–H and O–H groups in total. The number of aromatic nitrogens is 1. The molecule has 2 unspecified atom stereocenters. The van der Waals surface area contributed by atoms with Gasteiger partial charge in [0, 0.05) is 33.8 Å². The number of hydrogen-bond acceptors (Lipinski definition) is 12. The maximum absolute atomic E-state index is 13.7. The Balaban J connectivity index is 1.13. The van der Waals surface area contributed by atoms with Crippen molar-refractivity contribution in [3.63, 3.8) is 0 Å². The van der Waals surface area contributed by atoms with Crippen LogP contribution in [0.4, 0.5) is 9.52 Å². The fourth-order valence-corrected chi connectivity index (χ4v) is 9.39. The number of carboxylic acid groups (broad SMARTS) is 1. The Bertz CT molecular complexity index is 1760. The van der Waals surface area contributed by atoms with Gasteiger partial charge in [0.25, 0.3) is 5.91 Å². The van der Waals surface area contributed by atoms with E-state index in [0.717, 1.165) is 48.8 Å². The molecule has 3 fully saturated rings. The highest BCUT2D eigenvalue weighted by molar-refractivity contribution is 8.04. The van der Waals surface area contributed by atoms with Gasteiger partial charge in [-0.2, -0.15) is 0 Å². The van der Waals surface area contributed by atoms with Crippen molar-refractivity contribution in [1.82, 2.24) is 15.2 Å². The van der Waals surface area contributed by atoms with Crippen LogP contribution in [0.3, 0.4) is 0 Å². The van der Waals surface area contributed by atoms with E-state index in [1.54, 1.807) is 10.8 Å². The number of oxime groups is 1. The second kappa shape index (κ2) is 12.5. The third-order valence-electron chi connectivity index (χ3n) is 7.63. The van der Waals surface area contributed by atoms with Crippen LogP contribution in [0, 0.1) is 11.2 Å². The molecule has 3 atom stereocenters. The van der Waals surface area contributed by atoms with E-state index in [0.29, 0.717) is 14.3 Å². The summed E-state index contributed by atoms with van der Waals surface area (Å²) in [4.78, 5) is 62.6. The largest absolute Gasteiger partial charge is 0.481 e. The van der Waals surface area contributed by atoms with Gasteiger partial charge in [-0.1, -0.05) is 23.0 Å². The molecule has 1 saturated carbocycles. The van der Waals surface area contributed by atoms with E-state index in [-0.39, 0.29) is 40.4 Å². The van der Waals surface area contributed by atoms with Gasteiger partial charge >= 0.3 is 5.97 Å². The summed E-state index contributed by atoms with van der Waals surface area (Å²) >= 11 is 4.79. The van der Waals surface area contributed by atoms with Gasteiger partial charge in [0.15, 0.2) is 16.3 Å². The van der Waals surface area contributed by atoms with E-state index in [1.807, 2.05) is 0 Å². The van der Waals surface area contributed by atoms with E-state index >= 15 is 0 Å². The van der Waals surface area contributed by atoms with Crippen molar-refractivity contribution < 1.29 is 28.7 Å². The zero-order valence-electron chi connectivity index (χ0n) is 22.9. The third-order valence-corrected chi connectivity index (χ3v) is 11.9. The maximum Gasteiger partial charge on any atom is 0.316 e. The third kappa shape index (κ3) is 6.07. The Morgan fingerprint density at radius 2 is 2.07 bits per heavy atom. The first kappa shape index (κ1) is 30.6. The minimum Gasteiger partial charge on any atom is -0.481 e. The summed E-state index contributed by atoms with van der Waals surface area (Å²) < 4.78 is 14.8.